The molecule has 2 heteroatoms. The van der Waals surface area contributed by atoms with E-state index in [2.05, 4.69) is 34.6 Å². The molecule has 0 spiro atoms. The van der Waals surface area contributed by atoms with Gasteiger partial charge >= 0.3 is 0 Å². The third-order valence-electron chi connectivity index (χ3n) is 1.60. The van der Waals surface area contributed by atoms with Crippen LogP contribution < -0.4 is 0 Å². The molecule has 1 aliphatic rings. The molecule has 1 nitrogen and oxygen atoms in total. The molecule has 1 unspecified atom stereocenters. The highest BCUT2D eigenvalue weighted by molar-refractivity contribution is 6.18. The Kier molecular flexibility index (Phi) is 5.98. The summed E-state index contributed by atoms with van der Waals surface area (Å²) in [6.07, 6.45) is 1.73. The van der Waals surface area contributed by atoms with Gasteiger partial charge in [0.15, 0.2) is 0 Å². The van der Waals surface area contributed by atoms with Crippen LogP contribution in [0.3, 0.4) is 0 Å². The Bertz CT molecular complexity index is 123. The van der Waals surface area contributed by atoms with Gasteiger partial charge in [0, 0.05) is 0 Å². The second-order valence-corrected chi connectivity index (χ2v) is 5.58. The summed E-state index contributed by atoms with van der Waals surface area (Å²) >= 11 is 5.27. The molecule has 1 rings (SSSR count). The van der Waals surface area contributed by atoms with Crippen molar-refractivity contribution in [1.29, 1.82) is 0 Å². The van der Waals surface area contributed by atoms with Crippen LogP contribution in [0.2, 0.25) is 0 Å². The van der Waals surface area contributed by atoms with E-state index in [1.807, 2.05) is 0 Å². The quantitative estimate of drug-likeness (QED) is 0.496. The fraction of sp³-hybridized carbons (Fsp3) is 1.00. The number of halogens is 1. The Morgan fingerprint density at radius 1 is 1.38 bits per heavy atom. The van der Waals surface area contributed by atoms with Crippen molar-refractivity contribution in [3.63, 3.8) is 0 Å². The van der Waals surface area contributed by atoms with Gasteiger partial charge in [0.25, 0.3) is 0 Å². The van der Waals surface area contributed by atoms with Crippen LogP contribution in [-0.2, 0) is 4.74 Å². The van der Waals surface area contributed by atoms with Crippen molar-refractivity contribution in [2.24, 2.45) is 11.3 Å². The van der Waals surface area contributed by atoms with E-state index in [4.69, 9.17) is 16.3 Å². The van der Waals surface area contributed by atoms with Gasteiger partial charge in [-0.2, -0.15) is 0 Å². The van der Waals surface area contributed by atoms with Crippen LogP contribution in [-0.4, -0.2) is 18.6 Å². The van der Waals surface area contributed by atoms with E-state index in [-0.39, 0.29) is 0 Å². The predicted molar refractivity (Wildman–Crippen MR) is 59.4 cm³/mol. The highest BCUT2D eigenvalue weighted by Crippen LogP contribution is 2.23. The molecule has 0 N–H and O–H groups in total. The monoisotopic (exact) mass is 206 g/mol. The second-order valence-electron chi connectivity index (χ2n) is 5.27. The van der Waals surface area contributed by atoms with Crippen molar-refractivity contribution < 1.29 is 4.74 Å². The lowest BCUT2D eigenvalue weighted by atomic mass is 9.86. The van der Waals surface area contributed by atoms with Crippen molar-refractivity contribution in [3.05, 3.63) is 0 Å². The number of hydrogen-bond acceptors (Lipinski definition) is 1. The molecule has 1 aliphatic heterocycles. The van der Waals surface area contributed by atoms with Gasteiger partial charge in [-0.15, -0.1) is 11.6 Å². The van der Waals surface area contributed by atoms with Crippen LogP contribution in [0, 0.1) is 11.3 Å². The van der Waals surface area contributed by atoms with Crippen molar-refractivity contribution in [3.8, 4) is 0 Å². The maximum Gasteiger partial charge on any atom is 0.0944 e. The van der Waals surface area contributed by atoms with E-state index < -0.39 is 0 Å². The molecule has 0 aliphatic carbocycles. The zero-order valence-corrected chi connectivity index (χ0v) is 10.3. The summed E-state index contributed by atoms with van der Waals surface area (Å²) in [4.78, 5) is 0. The lowest BCUT2D eigenvalue weighted by Gasteiger charge is -2.19. The summed E-state index contributed by atoms with van der Waals surface area (Å²) in [6, 6.07) is 0. The van der Waals surface area contributed by atoms with Crippen LogP contribution in [0.15, 0.2) is 0 Å². The number of hydrogen-bond donors (Lipinski definition) is 0. The SMILES string of the molecule is CC(C)CC(C)(C)C.ClCC1CO1. The lowest BCUT2D eigenvalue weighted by molar-refractivity contribution is 0.320. The molecule has 0 aromatic rings. The van der Waals surface area contributed by atoms with Crippen molar-refractivity contribution >= 4 is 11.6 Å². The fourth-order valence-electron chi connectivity index (χ4n) is 1.38. The fourth-order valence-corrected chi connectivity index (χ4v) is 1.56. The predicted octanol–water partition coefficient (Wildman–Crippen LogP) is 3.70. The van der Waals surface area contributed by atoms with E-state index in [1.165, 1.54) is 6.42 Å². The van der Waals surface area contributed by atoms with E-state index >= 15 is 0 Å². The normalized spacial score (nSPS) is 21.0. The van der Waals surface area contributed by atoms with Crippen LogP contribution in [0.5, 0.6) is 0 Å². The first-order valence-corrected chi connectivity index (χ1v) is 5.56. The van der Waals surface area contributed by atoms with Gasteiger partial charge in [-0.1, -0.05) is 34.6 Å². The van der Waals surface area contributed by atoms with Gasteiger partial charge in [-0.05, 0) is 17.8 Å². The molecule has 0 saturated carbocycles. The van der Waals surface area contributed by atoms with Crippen LogP contribution in [0.4, 0.5) is 0 Å². The van der Waals surface area contributed by atoms with Gasteiger partial charge in [0.2, 0.25) is 0 Å². The average Bonchev–Trinajstić information content (AvgIpc) is 2.62. The minimum absolute atomic E-state index is 0.400. The standard InChI is InChI=1S/C8H18.C3H5ClO/c1-7(2)6-8(3,4)5;4-1-3-2-5-3/h7H,6H2,1-5H3;3H,1-2H2. The van der Waals surface area contributed by atoms with Gasteiger partial charge in [-0.3, -0.25) is 0 Å². The smallest absolute Gasteiger partial charge is 0.0944 e. The lowest BCUT2D eigenvalue weighted by Crippen LogP contribution is -2.08. The highest BCUT2D eigenvalue weighted by Gasteiger charge is 2.19. The molecule has 0 amide bonds. The maximum atomic E-state index is 5.27. The molecule has 0 aromatic carbocycles. The molecule has 0 radical (unpaired) electrons. The third kappa shape index (κ3) is 12.2. The molecular weight excluding hydrogens is 184 g/mol. The van der Waals surface area contributed by atoms with Crippen LogP contribution in [0.1, 0.15) is 41.0 Å². The van der Waals surface area contributed by atoms with Gasteiger partial charge in [-0.25, -0.2) is 0 Å². The Balaban J connectivity index is 0.000000243. The van der Waals surface area contributed by atoms with Crippen LogP contribution >= 0.6 is 11.6 Å². The largest absolute Gasteiger partial charge is 0.372 e. The van der Waals surface area contributed by atoms with Crippen molar-refractivity contribution in [2.75, 3.05) is 12.5 Å². The number of epoxide rings is 1. The molecule has 1 heterocycles. The molecule has 0 bridgehead atoms. The zero-order valence-electron chi connectivity index (χ0n) is 9.56. The van der Waals surface area contributed by atoms with Crippen LogP contribution in [0.25, 0.3) is 0 Å². The average molecular weight is 207 g/mol. The van der Waals surface area contributed by atoms with Gasteiger partial charge in [0.05, 0.1) is 18.6 Å². The molecule has 0 aromatic heterocycles. The number of ether oxygens (including phenoxy) is 1. The summed E-state index contributed by atoms with van der Waals surface area (Å²) in [5.74, 6) is 1.51. The van der Waals surface area contributed by atoms with Crippen molar-refractivity contribution in [2.45, 2.75) is 47.1 Å². The Hall–Kier alpha value is 0.250. The molecule has 1 saturated heterocycles. The Morgan fingerprint density at radius 3 is 1.85 bits per heavy atom. The first-order valence-electron chi connectivity index (χ1n) is 5.02. The summed E-state index contributed by atoms with van der Waals surface area (Å²) in [7, 11) is 0. The highest BCUT2D eigenvalue weighted by atomic mass is 35.5. The number of alkyl halides is 1. The summed E-state index contributed by atoms with van der Waals surface area (Å²) in [5, 5.41) is 0. The maximum absolute atomic E-state index is 5.27. The van der Waals surface area contributed by atoms with Crippen molar-refractivity contribution in [1.82, 2.24) is 0 Å². The molecule has 1 atom stereocenters. The van der Waals surface area contributed by atoms with Gasteiger partial charge in [0.1, 0.15) is 0 Å². The number of rotatable bonds is 2. The third-order valence-corrected chi connectivity index (χ3v) is 1.94. The Labute approximate surface area is 87.8 Å². The summed E-state index contributed by atoms with van der Waals surface area (Å²) in [6.45, 7) is 12.3. The molecular formula is C11H23ClO. The first-order chi connectivity index (χ1) is 5.85. The van der Waals surface area contributed by atoms with E-state index in [9.17, 15) is 0 Å². The Morgan fingerprint density at radius 2 is 1.85 bits per heavy atom. The van der Waals surface area contributed by atoms with E-state index in [1.54, 1.807) is 0 Å². The minimum Gasteiger partial charge on any atom is -0.372 e. The summed E-state index contributed by atoms with van der Waals surface area (Å²) in [5.41, 5.74) is 0.522. The zero-order chi connectivity index (χ0) is 10.5. The van der Waals surface area contributed by atoms with E-state index in [0.29, 0.717) is 17.4 Å². The summed E-state index contributed by atoms with van der Waals surface area (Å²) < 4.78 is 4.73. The van der Waals surface area contributed by atoms with Gasteiger partial charge < -0.3 is 4.74 Å². The molecule has 80 valence electrons. The molecule has 1 fully saturated rings. The topological polar surface area (TPSA) is 12.5 Å². The molecule has 13 heavy (non-hydrogen) atoms. The first kappa shape index (κ1) is 13.2. The minimum atomic E-state index is 0.400. The second kappa shape index (κ2) is 5.87. The van der Waals surface area contributed by atoms with E-state index in [0.717, 1.165) is 12.5 Å².